The molecule has 6 aromatic rings. The van der Waals surface area contributed by atoms with Crippen molar-refractivity contribution in [2.75, 3.05) is 56.2 Å². The Balaban J connectivity index is 0.753. The van der Waals surface area contributed by atoms with Crippen LogP contribution < -0.4 is 20.3 Å². The van der Waals surface area contributed by atoms with Crippen molar-refractivity contribution in [1.82, 2.24) is 34.9 Å². The Morgan fingerprint density at radius 3 is 2.41 bits per heavy atom. The largest absolute Gasteiger partial charge is 0.479 e. The molecule has 3 fully saturated rings. The van der Waals surface area contributed by atoms with Crippen molar-refractivity contribution in [1.29, 1.82) is 0 Å². The molecule has 3 aliphatic heterocycles. The minimum Gasteiger partial charge on any atom is -0.479 e. The zero-order valence-electron chi connectivity index (χ0n) is 55.2. The van der Waals surface area contributed by atoms with Crippen molar-refractivity contribution >= 4 is 74.2 Å². The van der Waals surface area contributed by atoms with Gasteiger partial charge in [0.1, 0.15) is 49.1 Å². The number of carboxylic acid groups (broad SMARTS) is 2. The number of fused-ring (bicyclic) bond motifs is 4. The summed E-state index contributed by atoms with van der Waals surface area (Å²) in [5.41, 5.74) is 4.39. The van der Waals surface area contributed by atoms with E-state index in [1.165, 1.54) is 22.3 Å². The lowest BCUT2D eigenvalue weighted by Gasteiger charge is -2.57. The number of aliphatic hydroxyl groups is 6. The van der Waals surface area contributed by atoms with Crippen molar-refractivity contribution < 1.29 is 93.4 Å². The number of rotatable bonds is 28. The van der Waals surface area contributed by atoms with Gasteiger partial charge in [0.05, 0.1) is 41.3 Å². The van der Waals surface area contributed by atoms with Crippen LogP contribution in [0.1, 0.15) is 120 Å². The van der Waals surface area contributed by atoms with Gasteiger partial charge in [-0.1, -0.05) is 68.0 Å². The number of imide groups is 1. The molecule has 528 valence electrons. The van der Waals surface area contributed by atoms with Gasteiger partial charge in [-0.2, -0.15) is 5.10 Å². The van der Waals surface area contributed by atoms with E-state index in [2.05, 4.69) is 29.5 Å². The molecule has 3 unspecified atom stereocenters. The maximum atomic E-state index is 14.3. The first-order chi connectivity index (χ1) is 47.3. The van der Waals surface area contributed by atoms with Crippen LogP contribution in [-0.2, 0) is 65.9 Å². The maximum absolute atomic E-state index is 14.3. The van der Waals surface area contributed by atoms with Gasteiger partial charge in [0.2, 0.25) is 12.2 Å². The zero-order chi connectivity index (χ0) is 70.5. The third kappa shape index (κ3) is 16.4. The van der Waals surface area contributed by atoms with Crippen LogP contribution in [0.3, 0.4) is 0 Å². The van der Waals surface area contributed by atoms with Crippen molar-refractivity contribution in [2.45, 2.75) is 160 Å². The van der Waals surface area contributed by atoms with E-state index in [-0.39, 0.29) is 61.0 Å². The number of hydrogen-bond donors (Lipinski definition) is 10. The SMILES string of the molecule is Cc1c(-c2ccc(N3CCc4cccc(C(=O)Nc5nc6ccccc6s5)c4C3)nc2C(=O)O)cnn1CC1(C)CC2(C)CCCC(OCCN(CC[C@H](O)[C@H](O)CO)C(=O)OCc3ccc(CCCCNC(=O)CN4C(=O)C=CC4=O)cc3O[C@@H]3O[C@H](C(=O)O)[C@@H](O)[C@H](O)[C@H]3O)(C2)C1. The van der Waals surface area contributed by atoms with Crippen molar-refractivity contribution in [3.63, 3.8) is 0 Å². The number of amides is 5. The summed E-state index contributed by atoms with van der Waals surface area (Å²) < 4.78 is 27.2. The molecule has 2 bridgehead atoms. The minimum atomic E-state index is -2.01. The Bertz CT molecular complexity index is 4000. The molecule has 10 atom stereocenters. The lowest BCUT2D eigenvalue weighted by molar-refractivity contribution is -0.271. The summed E-state index contributed by atoms with van der Waals surface area (Å²) >= 11 is 1.39. The highest BCUT2D eigenvalue weighted by atomic mass is 32.1. The molecule has 3 aromatic carbocycles. The standard InChI is InChI=1S/C70H83N9O19S/c1-40-46(44-17-18-53(74-57(44)63(90)91)77-26-21-42-11-8-12-45(47(42)32-77)62(89)75-66-73-48-13-4-5-14-52(48)99-66)31-72-79(40)39-69(3)36-68(2)23-9-24-70(37-68,38-69)96-29-28-76(27-22-49(81)50(82)34-80)67(94)95-35-43-16-15-41(10-6-7-25-71-54(83)33-78-55(84)19-20-56(78)85)30-51(43)97-65-60(88)58(86)59(87)61(98-65)64(92)93/h4-5,8,11-20,30-31,49-50,58-61,65,80-82,86-88H,6-7,9-10,21-29,32-39H2,1-3H3,(H,71,83)(H,90,91)(H,92,93)(H,73,75,89)/t49-,50+,58-,59-,60+,61-,65+,68?,69?,70?/m0/s1. The number of aliphatic hydroxyl groups excluding tert-OH is 6. The van der Waals surface area contributed by atoms with Gasteiger partial charge in [-0.05, 0) is 135 Å². The molecule has 0 spiro atoms. The Morgan fingerprint density at radius 2 is 1.66 bits per heavy atom. The Hall–Kier alpha value is -8.78. The summed E-state index contributed by atoms with van der Waals surface area (Å²) in [6.07, 6.45) is -3.25. The van der Waals surface area contributed by atoms with E-state index in [0.717, 1.165) is 76.2 Å². The minimum absolute atomic E-state index is 0.0229. The van der Waals surface area contributed by atoms with Gasteiger partial charge in [0.25, 0.3) is 17.7 Å². The highest BCUT2D eigenvalue weighted by Crippen LogP contribution is 2.59. The van der Waals surface area contributed by atoms with E-state index in [9.17, 15) is 74.4 Å². The van der Waals surface area contributed by atoms with Crippen molar-refractivity contribution in [3.05, 3.63) is 130 Å². The molecule has 3 aromatic heterocycles. The van der Waals surface area contributed by atoms with E-state index in [4.69, 9.17) is 29.0 Å². The highest BCUT2D eigenvalue weighted by Gasteiger charge is 2.54. The summed E-state index contributed by atoms with van der Waals surface area (Å²) in [6, 6.07) is 21.7. The predicted molar refractivity (Wildman–Crippen MR) is 357 cm³/mol. The number of nitrogens with zero attached hydrogens (tertiary/aromatic N) is 7. The van der Waals surface area contributed by atoms with Crippen LogP contribution in [0.4, 0.5) is 15.7 Å². The molecule has 6 heterocycles. The average Bonchev–Trinajstić information content (AvgIpc) is 1.06. The first-order valence-corrected chi connectivity index (χ1v) is 34.0. The summed E-state index contributed by atoms with van der Waals surface area (Å²) in [6.45, 7) is 6.08. The number of thiazole rings is 1. The van der Waals surface area contributed by atoms with Crippen LogP contribution in [0.2, 0.25) is 0 Å². The van der Waals surface area contributed by atoms with E-state index in [1.807, 2.05) is 52.9 Å². The Labute approximate surface area is 573 Å². The normalized spacial score (nSPS) is 24.1. The summed E-state index contributed by atoms with van der Waals surface area (Å²) in [5.74, 6) is -4.44. The number of carbonyl (C=O) groups excluding carboxylic acids is 5. The fourth-order valence-electron chi connectivity index (χ4n) is 14.8. The number of para-hydroxylation sites is 1. The number of aliphatic carboxylic acids is 1. The number of carboxylic acids is 2. The lowest BCUT2D eigenvalue weighted by atomic mass is 9.53. The van der Waals surface area contributed by atoms with Crippen LogP contribution >= 0.6 is 11.3 Å². The average molecular weight is 1390 g/mol. The monoisotopic (exact) mass is 1390 g/mol. The quantitative estimate of drug-likeness (QED) is 0.0231. The summed E-state index contributed by atoms with van der Waals surface area (Å²) in [4.78, 5) is 103. The smallest absolute Gasteiger partial charge is 0.410 e. The molecule has 10 N–H and O–H groups in total. The number of hydrogen-bond acceptors (Lipinski definition) is 22. The molecule has 2 aliphatic carbocycles. The molecular weight excluding hydrogens is 1300 g/mol. The number of carbonyl (C=O) groups is 7. The van der Waals surface area contributed by atoms with Crippen LogP contribution in [-0.4, -0.2) is 207 Å². The van der Waals surface area contributed by atoms with E-state index < -0.39 is 109 Å². The maximum Gasteiger partial charge on any atom is 0.410 e. The molecule has 5 amide bonds. The number of unbranched alkanes of at least 4 members (excludes halogenated alkanes) is 1. The van der Waals surface area contributed by atoms with Crippen molar-refractivity contribution in [3.8, 4) is 16.9 Å². The molecule has 29 heteroatoms. The topological polar surface area (TPSA) is 396 Å². The molecule has 28 nitrogen and oxygen atoms in total. The van der Waals surface area contributed by atoms with E-state index >= 15 is 0 Å². The predicted octanol–water partition coefficient (Wildman–Crippen LogP) is 4.89. The van der Waals surface area contributed by atoms with Crippen LogP contribution in [0.15, 0.2) is 91.1 Å². The Morgan fingerprint density at radius 1 is 0.869 bits per heavy atom. The second-order valence-corrected chi connectivity index (χ2v) is 28.1. The highest BCUT2D eigenvalue weighted by molar-refractivity contribution is 7.22. The van der Waals surface area contributed by atoms with E-state index in [1.54, 1.807) is 36.5 Å². The molecule has 5 aliphatic rings. The Kier molecular flexibility index (Phi) is 21.9. The number of nitrogens with one attached hydrogen (secondary N) is 2. The second-order valence-electron chi connectivity index (χ2n) is 27.1. The van der Waals surface area contributed by atoms with Crippen LogP contribution in [0.25, 0.3) is 21.3 Å². The number of aromatic carboxylic acids is 1. The number of ether oxygens (including phenoxy) is 4. The van der Waals surface area contributed by atoms with Gasteiger partial charge in [-0.15, -0.1) is 0 Å². The van der Waals surface area contributed by atoms with Gasteiger partial charge in [-0.25, -0.2) is 24.4 Å². The summed E-state index contributed by atoms with van der Waals surface area (Å²) in [7, 11) is 0. The van der Waals surface area contributed by atoms with Gasteiger partial charge in [0, 0.05) is 79.4 Å². The van der Waals surface area contributed by atoms with Gasteiger partial charge >= 0.3 is 18.0 Å². The number of anilines is 2. The molecule has 99 heavy (non-hydrogen) atoms. The third-order valence-corrected chi connectivity index (χ3v) is 20.4. The molecule has 2 saturated carbocycles. The van der Waals surface area contributed by atoms with Gasteiger partial charge in [0.15, 0.2) is 16.9 Å². The molecular formula is C70H83N9O19S. The van der Waals surface area contributed by atoms with Crippen LogP contribution in [0.5, 0.6) is 5.75 Å². The number of pyridine rings is 1. The van der Waals surface area contributed by atoms with E-state index in [0.29, 0.717) is 84.9 Å². The van der Waals surface area contributed by atoms with Gasteiger partial charge < -0.3 is 74.9 Å². The second kappa shape index (κ2) is 30.4. The number of aromatic nitrogens is 4. The fourth-order valence-corrected chi connectivity index (χ4v) is 15.7. The summed E-state index contributed by atoms with van der Waals surface area (Å²) in [5, 5.41) is 94.2. The number of benzene rings is 3. The first kappa shape index (κ1) is 71.5. The third-order valence-electron chi connectivity index (χ3n) is 19.4. The fraction of sp³-hybridized carbons (Fsp3) is 0.486. The zero-order valence-corrected chi connectivity index (χ0v) is 56.0. The molecule has 11 rings (SSSR count). The molecule has 1 saturated heterocycles. The van der Waals surface area contributed by atoms with Crippen molar-refractivity contribution in [2.24, 2.45) is 10.8 Å². The lowest BCUT2D eigenvalue weighted by Crippen LogP contribution is -2.61. The number of aryl methyl sites for hydroxylation is 1. The van der Waals surface area contributed by atoms with Gasteiger partial charge in [-0.3, -0.25) is 34.1 Å². The van der Waals surface area contributed by atoms with Crippen LogP contribution in [0, 0.1) is 17.8 Å². The first-order valence-electron chi connectivity index (χ1n) is 33.2. The molecule has 0 radical (unpaired) electrons.